The van der Waals surface area contributed by atoms with Gasteiger partial charge in [0.05, 0.1) is 29.2 Å². The lowest BCUT2D eigenvalue weighted by molar-refractivity contribution is -0.143. The maximum atomic E-state index is 15.1. The molecule has 288 valence electrons. The minimum Gasteiger partial charge on any atom is -0.338 e. The van der Waals surface area contributed by atoms with Gasteiger partial charge < -0.3 is 9.80 Å². The van der Waals surface area contributed by atoms with Gasteiger partial charge in [-0.25, -0.2) is 9.98 Å². The lowest BCUT2D eigenvalue weighted by Crippen LogP contribution is -2.50. The minimum atomic E-state index is -5.10. The normalized spacial score (nSPS) is 14.9. The van der Waals surface area contributed by atoms with Crippen LogP contribution in [-0.4, -0.2) is 41.2 Å². The molecule has 5 rings (SSSR count). The molecule has 0 spiro atoms. The molecular weight excluding hydrogens is 699 g/mol. The Morgan fingerprint density at radius 1 is 0.593 bits per heavy atom. The summed E-state index contributed by atoms with van der Waals surface area (Å²) in [6, 6.07) is 20.7. The summed E-state index contributed by atoms with van der Waals surface area (Å²) in [7, 11) is 0. The Labute approximate surface area is 315 Å². The molecule has 4 nitrogen and oxygen atoms in total. The number of hydrogen-bond donors (Lipinski definition) is 0. The number of para-hydroxylation sites is 1. The van der Waals surface area contributed by atoms with E-state index in [2.05, 4.69) is 26.0 Å². The molecule has 1 saturated heterocycles. The van der Waals surface area contributed by atoms with Crippen molar-refractivity contribution in [3.05, 3.63) is 128 Å². The van der Waals surface area contributed by atoms with Crippen molar-refractivity contribution in [1.29, 1.82) is 0 Å². The minimum absolute atomic E-state index is 0.0150. The van der Waals surface area contributed by atoms with Crippen LogP contribution < -0.4 is 0 Å². The standard InChI is InChI=1S/C44H50F6N4/c1-26(2)33-22-35(27(3)4)40(36(23-33)28(5)6)52-42(38-31(9)21-34(43(45,46)47)24-37(38)44(48,49)50)54-20-14-19-53(25-54)41(32-17-11-10-12-18-32)51-39-29(7)15-13-16-30(39)8/h10-13,15-18,21-24,26-28H,14,19-20,25H2,1-9H3. The smallest absolute Gasteiger partial charge is 0.338 e. The van der Waals surface area contributed by atoms with Crippen LogP contribution in [0.25, 0.3) is 0 Å². The fourth-order valence-corrected chi connectivity index (χ4v) is 7.05. The summed E-state index contributed by atoms with van der Waals surface area (Å²) in [6.45, 7) is 18.5. The molecule has 0 unspecified atom stereocenters. The van der Waals surface area contributed by atoms with E-state index in [1.54, 1.807) is 4.90 Å². The third kappa shape index (κ3) is 8.85. The summed E-state index contributed by atoms with van der Waals surface area (Å²) in [5.41, 5.74) is 3.73. The Morgan fingerprint density at radius 3 is 1.63 bits per heavy atom. The number of hydrogen-bond acceptors (Lipinski definition) is 2. The zero-order valence-electron chi connectivity index (χ0n) is 32.5. The van der Waals surface area contributed by atoms with E-state index in [0.717, 1.165) is 45.1 Å². The van der Waals surface area contributed by atoms with E-state index in [1.165, 1.54) is 6.92 Å². The first kappa shape index (κ1) is 40.6. The molecule has 54 heavy (non-hydrogen) atoms. The summed E-state index contributed by atoms with van der Waals surface area (Å²) in [5, 5.41) is 0. The second kappa shape index (κ2) is 16.0. The van der Waals surface area contributed by atoms with Crippen LogP contribution >= 0.6 is 0 Å². The highest BCUT2D eigenvalue weighted by molar-refractivity contribution is 6.05. The average molecular weight is 749 g/mol. The van der Waals surface area contributed by atoms with Gasteiger partial charge in [0.25, 0.3) is 0 Å². The van der Waals surface area contributed by atoms with E-state index in [0.29, 0.717) is 31.0 Å². The Balaban J connectivity index is 1.82. The SMILES string of the molecule is Cc1cccc(C)c1N=C(c1ccccc1)N1CCCN(C(=Nc2c(C(C)C)cc(C(C)C)cc2C(C)C)c2c(C)cc(C(F)(F)F)cc2C(F)(F)F)C1. The molecule has 1 aliphatic heterocycles. The van der Waals surface area contributed by atoms with E-state index >= 15 is 13.2 Å². The third-order valence-corrected chi connectivity index (χ3v) is 10.00. The molecule has 1 fully saturated rings. The molecular formula is C44H50F6N4. The first-order chi connectivity index (χ1) is 25.3. The molecule has 0 bridgehead atoms. The van der Waals surface area contributed by atoms with Crippen LogP contribution in [0.5, 0.6) is 0 Å². The number of rotatable bonds is 7. The van der Waals surface area contributed by atoms with Crippen molar-refractivity contribution in [3.63, 3.8) is 0 Å². The zero-order valence-corrected chi connectivity index (χ0v) is 32.5. The van der Waals surface area contributed by atoms with Crippen molar-refractivity contribution in [2.24, 2.45) is 9.98 Å². The number of aliphatic imine (C=N–C) groups is 2. The second-order valence-corrected chi connectivity index (χ2v) is 15.2. The van der Waals surface area contributed by atoms with E-state index in [1.807, 2.05) is 95.0 Å². The van der Waals surface area contributed by atoms with Crippen LogP contribution in [0.15, 0.2) is 82.8 Å². The number of halogens is 6. The molecule has 0 saturated carbocycles. The van der Waals surface area contributed by atoms with Crippen molar-refractivity contribution in [1.82, 2.24) is 9.80 Å². The van der Waals surface area contributed by atoms with Crippen LogP contribution in [-0.2, 0) is 12.4 Å². The van der Waals surface area contributed by atoms with Crippen LogP contribution in [0.2, 0.25) is 0 Å². The van der Waals surface area contributed by atoms with Crippen molar-refractivity contribution in [2.75, 3.05) is 19.8 Å². The lowest BCUT2D eigenvalue weighted by atomic mass is 9.87. The van der Waals surface area contributed by atoms with Gasteiger partial charge in [-0.3, -0.25) is 0 Å². The Hall–Kier alpha value is -4.60. The molecule has 0 radical (unpaired) electrons. The number of amidine groups is 2. The van der Waals surface area contributed by atoms with Crippen LogP contribution in [0.1, 0.15) is 121 Å². The largest absolute Gasteiger partial charge is 0.417 e. The van der Waals surface area contributed by atoms with Crippen LogP contribution in [0.4, 0.5) is 37.7 Å². The van der Waals surface area contributed by atoms with Crippen molar-refractivity contribution >= 4 is 23.0 Å². The molecule has 1 heterocycles. The molecule has 10 heteroatoms. The maximum Gasteiger partial charge on any atom is 0.417 e. The van der Waals surface area contributed by atoms with E-state index in [9.17, 15) is 13.2 Å². The molecule has 0 aromatic heterocycles. The maximum absolute atomic E-state index is 15.1. The molecule has 0 amide bonds. The van der Waals surface area contributed by atoms with E-state index < -0.39 is 23.5 Å². The first-order valence-corrected chi connectivity index (χ1v) is 18.5. The molecule has 4 aromatic carbocycles. The summed E-state index contributed by atoms with van der Waals surface area (Å²) in [4.78, 5) is 14.2. The van der Waals surface area contributed by atoms with Crippen molar-refractivity contribution in [2.45, 2.75) is 98.8 Å². The van der Waals surface area contributed by atoms with Gasteiger partial charge in [-0.15, -0.1) is 0 Å². The van der Waals surface area contributed by atoms with Crippen LogP contribution in [0.3, 0.4) is 0 Å². The summed E-state index contributed by atoms with van der Waals surface area (Å²) in [5.74, 6) is 0.742. The van der Waals surface area contributed by atoms with Gasteiger partial charge in [0, 0.05) is 24.2 Å². The molecule has 4 aromatic rings. The van der Waals surface area contributed by atoms with Gasteiger partial charge in [-0.05, 0) is 90.5 Å². The van der Waals surface area contributed by atoms with Gasteiger partial charge in [-0.1, -0.05) is 102 Å². The van der Waals surface area contributed by atoms with Gasteiger partial charge in [-0.2, -0.15) is 26.3 Å². The van der Waals surface area contributed by atoms with Gasteiger partial charge >= 0.3 is 12.4 Å². The fraction of sp³-hybridized carbons (Fsp3) is 0.409. The Kier molecular flexibility index (Phi) is 12.0. The first-order valence-electron chi connectivity index (χ1n) is 18.5. The van der Waals surface area contributed by atoms with Gasteiger partial charge in [0.2, 0.25) is 0 Å². The van der Waals surface area contributed by atoms with Gasteiger partial charge in [0.1, 0.15) is 11.7 Å². The highest BCUT2D eigenvalue weighted by Crippen LogP contribution is 2.43. The predicted octanol–water partition coefficient (Wildman–Crippen LogP) is 12.8. The van der Waals surface area contributed by atoms with Crippen molar-refractivity contribution < 1.29 is 26.3 Å². The van der Waals surface area contributed by atoms with E-state index in [4.69, 9.17) is 9.98 Å². The molecule has 1 aliphatic rings. The molecule has 0 aliphatic carbocycles. The number of alkyl halides is 6. The Morgan fingerprint density at radius 2 is 1.13 bits per heavy atom. The van der Waals surface area contributed by atoms with E-state index in [-0.39, 0.29) is 47.5 Å². The average Bonchev–Trinajstić information content (AvgIpc) is 3.09. The highest BCUT2D eigenvalue weighted by Gasteiger charge is 2.41. The number of aryl methyl sites for hydroxylation is 3. The fourth-order valence-electron chi connectivity index (χ4n) is 7.05. The molecule has 0 N–H and O–H groups in total. The summed E-state index contributed by atoms with van der Waals surface area (Å²) >= 11 is 0. The lowest BCUT2D eigenvalue weighted by Gasteiger charge is -2.40. The zero-order chi connectivity index (χ0) is 39.7. The topological polar surface area (TPSA) is 31.2 Å². The van der Waals surface area contributed by atoms with Crippen LogP contribution in [0, 0.1) is 20.8 Å². The Bertz CT molecular complexity index is 1970. The molecule has 0 atom stereocenters. The number of nitrogens with zero attached hydrogens (tertiary/aromatic N) is 4. The predicted molar refractivity (Wildman–Crippen MR) is 208 cm³/mol. The number of benzene rings is 4. The third-order valence-electron chi connectivity index (χ3n) is 10.00. The second-order valence-electron chi connectivity index (χ2n) is 15.2. The monoisotopic (exact) mass is 748 g/mol. The summed E-state index contributed by atoms with van der Waals surface area (Å²) in [6.07, 6.45) is -9.53. The van der Waals surface area contributed by atoms with Gasteiger partial charge in [0.15, 0.2) is 0 Å². The summed E-state index contributed by atoms with van der Waals surface area (Å²) < 4.78 is 87.5. The highest BCUT2D eigenvalue weighted by atomic mass is 19.4. The van der Waals surface area contributed by atoms with Crippen molar-refractivity contribution in [3.8, 4) is 0 Å². The quantitative estimate of drug-likeness (QED) is 0.107.